The van der Waals surface area contributed by atoms with Crippen molar-refractivity contribution in [3.63, 3.8) is 0 Å². The number of nitro groups is 1. The molecule has 0 spiro atoms. The van der Waals surface area contributed by atoms with Crippen LogP contribution >= 0.6 is 0 Å². The number of nitro benzene ring substituents is 1. The number of anilines is 1. The van der Waals surface area contributed by atoms with Gasteiger partial charge in [0.05, 0.1) is 23.1 Å². The summed E-state index contributed by atoms with van der Waals surface area (Å²) < 4.78 is 5.17. The first-order chi connectivity index (χ1) is 14.0. The van der Waals surface area contributed by atoms with Crippen LogP contribution in [0.1, 0.15) is 10.4 Å². The largest absolute Gasteiger partial charge is 0.497 e. The minimum atomic E-state index is -0.506. The highest BCUT2D eigenvalue weighted by Gasteiger charge is 2.11. The summed E-state index contributed by atoms with van der Waals surface area (Å²) in [6, 6.07) is 18.3. The van der Waals surface area contributed by atoms with Gasteiger partial charge in [-0.05, 0) is 54.6 Å². The molecule has 0 radical (unpaired) electrons. The highest BCUT2D eigenvalue weighted by atomic mass is 16.6. The zero-order valence-electron chi connectivity index (χ0n) is 15.4. The molecule has 4 aromatic rings. The lowest BCUT2D eigenvalue weighted by atomic mass is 10.2. The topological polar surface area (TPSA) is 110 Å². The number of carbonyl (C=O) groups is 1. The monoisotopic (exact) mass is 388 g/mol. The second-order valence-electron chi connectivity index (χ2n) is 6.30. The number of methoxy groups -OCH3 is 1. The number of hydrogen-bond acceptors (Lipinski definition) is 5. The molecule has 1 amide bonds. The molecular formula is C21H16N4O4. The van der Waals surface area contributed by atoms with Gasteiger partial charge in [0.15, 0.2) is 0 Å². The highest BCUT2D eigenvalue weighted by Crippen LogP contribution is 2.25. The summed E-state index contributed by atoms with van der Waals surface area (Å²) in [5, 5.41) is 13.5. The number of fused-ring (bicyclic) bond motifs is 1. The summed E-state index contributed by atoms with van der Waals surface area (Å²) in [6.07, 6.45) is 0. The number of rotatable bonds is 5. The minimum absolute atomic E-state index is 0.0634. The number of aromatic nitrogens is 2. The summed E-state index contributed by atoms with van der Waals surface area (Å²) in [7, 11) is 1.61. The van der Waals surface area contributed by atoms with Crippen LogP contribution in [0.2, 0.25) is 0 Å². The Morgan fingerprint density at radius 2 is 1.79 bits per heavy atom. The maximum Gasteiger partial charge on any atom is 0.269 e. The van der Waals surface area contributed by atoms with Gasteiger partial charge in [-0.2, -0.15) is 0 Å². The standard InChI is InChI=1S/C21H16N4O4/c1-29-17-9-4-13(5-10-17)20-23-18-11-6-15(12-19(18)24-20)22-21(26)14-2-7-16(8-3-14)25(27)28/h2-12H,1H3,(H,22,26)(H,23,24). The van der Waals surface area contributed by atoms with Crippen LogP contribution in [0.15, 0.2) is 66.7 Å². The van der Waals surface area contributed by atoms with E-state index in [9.17, 15) is 14.9 Å². The Balaban J connectivity index is 1.55. The van der Waals surface area contributed by atoms with Gasteiger partial charge >= 0.3 is 0 Å². The van der Waals surface area contributed by atoms with E-state index >= 15 is 0 Å². The van der Waals surface area contributed by atoms with Crippen molar-refractivity contribution < 1.29 is 14.5 Å². The van der Waals surface area contributed by atoms with Gasteiger partial charge in [0.1, 0.15) is 11.6 Å². The molecule has 8 heteroatoms. The second-order valence-corrected chi connectivity index (χ2v) is 6.30. The lowest BCUT2D eigenvalue weighted by molar-refractivity contribution is -0.384. The molecule has 1 aromatic heterocycles. The van der Waals surface area contributed by atoms with E-state index in [4.69, 9.17) is 4.74 Å². The number of H-pyrrole nitrogens is 1. The number of hydrogen-bond donors (Lipinski definition) is 2. The fourth-order valence-corrected chi connectivity index (χ4v) is 2.91. The van der Waals surface area contributed by atoms with Crippen LogP contribution in [0.4, 0.5) is 11.4 Å². The molecule has 0 aliphatic carbocycles. The first kappa shape index (κ1) is 18.2. The average Bonchev–Trinajstić information content (AvgIpc) is 3.17. The molecular weight excluding hydrogens is 372 g/mol. The van der Waals surface area contributed by atoms with Crippen LogP contribution < -0.4 is 10.1 Å². The van der Waals surface area contributed by atoms with Gasteiger partial charge in [0, 0.05) is 28.9 Å². The van der Waals surface area contributed by atoms with Crippen molar-refractivity contribution in [2.75, 3.05) is 12.4 Å². The molecule has 1 heterocycles. The first-order valence-electron chi connectivity index (χ1n) is 8.73. The molecule has 0 bridgehead atoms. The smallest absolute Gasteiger partial charge is 0.269 e. The van der Waals surface area contributed by atoms with Crippen molar-refractivity contribution in [1.82, 2.24) is 9.97 Å². The van der Waals surface area contributed by atoms with E-state index in [-0.39, 0.29) is 11.6 Å². The number of non-ortho nitro benzene ring substituents is 1. The molecule has 4 rings (SSSR count). The summed E-state index contributed by atoms with van der Waals surface area (Å²) >= 11 is 0. The fourth-order valence-electron chi connectivity index (χ4n) is 2.91. The predicted octanol–water partition coefficient (Wildman–Crippen LogP) is 4.40. The van der Waals surface area contributed by atoms with E-state index in [1.807, 2.05) is 30.3 Å². The number of ether oxygens (including phenoxy) is 1. The van der Waals surface area contributed by atoms with Gasteiger partial charge in [0.25, 0.3) is 11.6 Å². The maximum atomic E-state index is 12.4. The second kappa shape index (κ2) is 7.43. The molecule has 3 aromatic carbocycles. The number of carbonyl (C=O) groups excluding carboxylic acids is 1. The molecule has 2 N–H and O–H groups in total. The summed E-state index contributed by atoms with van der Waals surface area (Å²) in [4.78, 5) is 30.4. The van der Waals surface area contributed by atoms with E-state index in [0.717, 1.165) is 22.3 Å². The minimum Gasteiger partial charge on any atom is -0.497 e. The summed E-state index contributed by atoms with van der Waals surface area (Å²) in [6.45, 7) is 0. The normalized spacial score (nSPS) is 10.7. The predicted molar refractivity (Wildman–Crippen MR) is 109 cm³/mol. The van der Waals surface area contributed by atoms with Crippen molar-refractivity contribution in [2.45, 2.75) is 0 Å². The molecule has 0 aliphatic rings. The van der Waals surface area contributed by atoms with Gasteiger partial charge < -0.3 is 15.0 Å². The van der Waals surface area contributed by atoms with Gasteiger partial charge in [-0.3, -0.25) is 14.9 Å². The third-order valence-electron chi connectivity index (χ3n) is 4.44. The SMILES string of the molecule is COc1ccc(-c2nc3ccc(NC(=O)c4ccc([N+](=O)[O-])cc4)cc3[nH]2)cc1. The molecule has 0 saturated heterocycles. The van der Waals surface area contributed by atoms with Crippen LogP contribution in [0.25, 0.3) is 22.4 Å². The third-order valence-corrected chi connectivity index (χ3v) is 4.44. The lowest BCUT2D eigenvalue weighted by Crippen LogP contribution is -2.11. The zero-order chi connectivity index (χ0) is 20.4. The Morgan fingerprint density at radius 3 is 2.45 bits per heavy atom. The van der Waals surface area contributed by atoms with Crippen LogP contribution in [0.5, 0.6) is 5.75 Å². The van der Waals surface area contributed by atoms with Gasteiger partial charge in [0.2, 0.25) is 0 Å². The quantitative estimate of drug-likeness (QED) is 0.389. The van der Waals surface area contributed by atoms with Crippen molar-refractivity contribution >= 4 is 28.3 Å². The average molecular weight is 388 g/mol. The molecule has 0 atom stereocenters. The molecule has 8 nitrogen and oxygen atoms in total. The number of benzene rings is 3. The van der Waals surface area contributed by atoms with Crippen LogP contribution in [-0.4, -0.2) is 27.9 Å². The fraction of sp³-hybridized carbons (Fsp3) is 0.0476. The number of imidazole rings is 1. The number of nitrogens with zero attached hydrogens (tertiary/aromatic N) is 2. The summed E-state index contributed by atoms with van der Waals surface area (Å²) in [5.41, 5.74) is 3.32. The molecule has 0 aliphatic heterocycles. The van der Waals surface area contributed by atoms with Crippen molar-refractivity contribution in [1.29, 1.82) is 0 Å². The van der Waals surface area contributed by atoms with Crippen molar-refractivity contribution in [2.24, 2.45) is 0 Å². The molecule has 0 fully saturated rings. The number of nitrogens with one attached hydrogen (secondary N) is 2. The van der Waals surface area contributed by atoms with E-state index in [0.29, 0.717) is 17.1 Å². The first-order valence-corrected chi connectivity index (χ1v) is 8.73. The van der Waals surface area contributed by atoms with Gasteiger partial charge in [-0.15, -0.1) is 0 Å². The van der Waals surface area contributed by atoms with E-state index in [1.54, 1.807) is 19.2 Å². The molecule has 0 saturated carbocycles. The van der Waals surface area contributed by atoms with E-state index in [2.05, 4.69) is 15.3 Å². The summed E-state index contributed by atoms with van der Waals surface area (Å²) in [5.74, 6) is 1.12. The lowest BCUT2D eigenvalue weighted by Gasteiger charge is -2.05. The molecule has 0 unspecified atom stereocenters. The van der Waals surface area contributed by atoms with Crippen molar-refractivity contribution in [3.05, 3.63) is 82.4 Å². The Bertz CT molecular complexity index is 1200. The van der Waals surface area contributed by atoms with E-state index in [1.165, 1.54) is 24.3 Å². The Morgan fingerprint density at radius 1 is 1.07 bits per heavy atom. The third kappa shape index (κ3) is 3.77. The van der Waals surface area contributed by atoms with E-state index < -0.39 is 4.92 Å². The highest BCUT2D eigenvalue weighted by molar-refractivity contribution is 6.05. The Hall–Kier alpha value is -4.20. The van der Waals surface area contributed by atoms with Crippen LogP contribution in [0, 0.1) is 10.1 Å². The zero-order valence-corrected chi connectivity index (χ0v) is 15.4. The van der Waals surface area contributed by atoms with Gasteiger partial charge in [-0.25, -0.2) is 4.98 Å². The van der Waals surface area contributed by atoms with Gasteiger partial charge in [-0.1, -0.05) is 0 Å². The van der Waals surface area contributed by atoms with Crippen LogP contribution in [0.3, 0.4) is 0 Å². The van der Waals surface area contributed by atoms with Crippen LogP contribution in [-0.2, 0) is 0 Å². The molecule has 144 valence electrons. The van der Waals surface area contributed by atoms with Crippen molar-refractivity contribution in [3.8, 4) is 17.1 Å². The maximum absolute atomic E-state index is 12.4. The number of aromatic amines is 1. The molecule has 29 heavy (non-hydrogen) atoms. The number of amides is 1. The Labute approximate surface area is 165 Å². The Kier molecular flexibility index (Phi) is 4.66.